The first-order valence-electron chi connectivity index (χ1n) is 7.33. The van der Waals surface area contributed by atoms with Gasteiger partial charge in [-0.25, -0.2) is 0 Å². The quantitative estimate of drug-likeness (QED) is 0.536. The van der Waals surface area contributed by atoms with Gasteiger partial charge < -0.3 is 0 Å². The van der Waals surface area contributed by atoms with E-state index in [9.17, 15) is 0 Å². The van der Waals surface area contributed by atoms with E-state index in [-0.39, 0.29) is 5.41 Å². The minimum Gasteiger partial charge on any atom is -0.0985 e. The Bertz CT molecular complexity index is 302. The van der Waals surface area contributed by atoms with Gasteiger partial charge in [0, 0.05) is 5.41 Å². The Hall–Kier alpha value is -1.04. The van der Waals surface area contributed by atoms with Crippen molar-refractivity contribution in [3.05, 3.63) is 48.1 Å². The molecular formula is C18H32. The zero-order valence-corrected chi connectivity index (χ0v) is 13.5. The summed E-state index contributed by atoms with van der Waals surface area (Å²) < 4.78 is 0. The molecule has 0 aromatic carbocycles. The summed E-state index contributed by atoms with van der Waals surface area (Å²) in [5.41, 5.74) is 2.76. The van der Waals surface area contributed by atoms with E-state index in [1.54, 1.807) is 0 Å². The predicted molar refractivity (Wildman–Crippen MR) is 86.9 cm³/mol. The largest absolute Gasteiger partial charge is 0.0985 e. The van der Waals surface area contributed by atoms with Crippen LogP contribution in [0.4, 0.5) is 0 Å². The number of rotatable bonds is 3. The second-order valence-corrected chi connectivity index (χ2v) is 4.26. The Morgan fingerprint density at radius 2 is 1.61 bits per heavy atom. The summed E-state index contributed by atoms with van der Waals surface area (Å²) in [6, 6.07) is 0. The lowest BCUT2D eigenvalue weighted by atomic mass is 9.85. The average molecular weight is 248 g/mol. The van der Waals surface area contributed by atoms with Crippen LogP contribution in [0.25, 0.3) is 0 Å². The third-order valence-electron chi connectivity index (χ3n) is 2.82. The van der Waals surface area contributed by atoms with Gasteiger partial charge in [0.15, 0.2) is 0 Å². The van der Waals surface area contributed by atoms with Gasteiger partial charge in [0.25, 0.3) is 0 Å². The van der Waals surface area contributed by atoms with Gasteiger partial charge in [0.1, 0.15) is 0 Å². The molecule has 0 bridgehead atoms. The molecule has 0 spiro atoms. The van der Waals surface area contributed by atoms with Crippen molar-refractivity contribution < 1.29 is 0 Å². The van der Waals surface area contributed by atoms with Crippen molar-refractivity contribution in [2.45, 2.75) is 61.3 Å². The van der Waals surface area contributed by atoms with Crippen LogP contribution < -0.4 is 0 Å². The molecular weight excluding hydrogens is 216 g/mol. The van der Waals surface area contributed by atoms with Crippen LogP contribution in [0.15, 0.2) is 48.1 Å². The van der Waals surface area contributed by atoms with E-state index in [2.05, 4.69) is 51.7 Å². The lowest BCUT2D eigenvalue weighted by Gasteiger charge is -2.20. The maximum Gasteiger partial charge on any atom is 0.00391 e. The molecule has 0 heteroatoms. The highest BCUT2D eigenvalue weighted by atomic mass is 14.2. The third kappa shape index (κ3) is 6.64. The van der Waals surface area contributed by atoms with Crippen LogP contribution in [-0.2, 0) is 0 Å². The lowest BCUT2D eigenvalue weighted by molar-refractivity contribution is 0.492. The topological polar surface area (TPSA) is 0 Å². The fraction of sp³-hybridized carbons (Fsp3) is 0.556. The molecule has 0 saturated carbocycles. The van der Waals surface area contributed by atoms with Crippen molar-refractivity contribution in [2.24, 2.45) is 5.41 Å². The van der Waals surface area contributed by atoms with Crippen LogP contribution in [0.3, 0.4) is 0 Å². The van der Waals surface area contributed by atoms with Gasteiger partial charge in [0.2, 0.25) is 0 Å². The van der Waals surface area contributed by atoms with Crippen LogP contribution in [0.5, 0.6) is 0 Å². The summed E-state index contributed by atoms with van der Waals surface area (Å²) in [6.07, 6.45) is 13.4. The molecule has 18 heavy (non-hydrogen) atoms. The van der Waals surface area contributed by atoms with Crippen LogP contribution in [0.1, 0.15) is 61.3 Å². The maximum atomic E-state index is 3.83. The molecule has 0 fully saturated rings. The fourth-order valence-corrected chi connectivity index (χ4v) is 1.81. The summed E-state index contributed by atoms with van der Waals surface area (Å²) in [6.45, 7) is 18.5. The van der Waals surface area contributed by atoms with E-state index in [0.29, 0.717) is 0 Å². The Balaban J connectivity index is 0. The molecule has 0 N–H and O–H groups in total. The molecule has 104 valence electrons. The van der Waals surface area contributed by atoms with E-state index in [0.717, 1.165) is 0 Å². The molecule has 1 unspecified atom stereocenters. The first-order valence-corrected chi connectivity index (χ1v) is 7.33. The van der Waals surface area contributed by atoms with Gasteiger partial charge in [0.05, 0.1) is 0 Å². The molecule has 1 aliphatic carbocycles. The van der Waals surface area contributed by atoms with Gasteiger partial charge in [-0.3, -0.25) is 0 Å². The molecule has 0 aromatic rings. The highest BCUT2D eigenvalue weighted by Crippen LogP contribution is 2.30. The molecule has 0 heterocycles. The monoisotopic (exact) mass is 248 g/mol. The van der Waals surface area contributed by atoms with E-state index >= 15 is 0 Å². The summed E-state index contributed by atoms with van der Waals surface area (Å²) in [5, 5.41) is 0. The minimum absolute atomic E-state index is 0.223. The summed E-state index contributed by atoms with van der Waals surface area (Å²) in [4.78, 5) is 0. The van der Waals surface area contributed by atoms with E-state index in [4.69, 9.17) is 0 Å². The molecule has 1 aliphatic rings. The van der Waals surface area contributed by atoms with Crippen molar-refractivity contribution in [3.8, 4) is 0 Å². The molecule has 1 rings (SSSR count). The number of hydrogen-bond acceptors (Lipinski definition) is 0. The first kappa shape index (κ1) is 19.3. The molecule has 0 aliphatic heterocycles. The molecule has 0 aromatic heterocycles. The van der Waals surface area contributed by atoms with E-state index < -0.39 is 0 Å². The SMILES string of the molecule is C=CC1=C(C)C=CC(C)(CCC)C=C1.CC.CC. The Morgan fingerprint density at radius 1 is 1.11 bits per heavy atom. The predicted octanol–water partition coefficient (Wildman–Crippen LogP) is 6.47. The summed E-state index contributed by atoms with van der Waals surface area (Å²) >= 11 is 0. The molecule has 0 radical (unpaired) electrons. The van der Waals surface area contributed by atoms with E-state index in [1.807, 2.05) is 33.8 Å². The standard InChI is InChI=1S/C14H20.2C2H6/c1-5-9-14(4)10-7-12(3)13(6-2)8-11-14;2*1-2/h6-8,10-11H,2,5,9H2,1,3-4H3;2*1-2H3. The summed E-state index contributed by atoms with van der Waals surface area (Å²) in [5.74, 6) is 0. The highest BCUT2D eigenvalue weighted by molar-refractivity contribution is 5.42. The highest BCUT2D eigenvalue weighted by Gasteiger charge is 2.17. The fourth-order valence-electron chi connectivity index (χ4n) is 1.81. The molecule has 0 nitrogen and oxygen atoms in total. The van der Waals surface area contributed by atoms with Gasteiger partial charge in [-0.2, -0.15) is 0 Å². The summed E-state index contributed by atoms with van der Waals surface area (Å²) in [7, 11) is 0. The van der Waals surface area contributed by atoms with Gasteiger partial charge in [-0.15, -0.1) is 0 Å². The zero-order valence-electron chi connectivity index (χ0n) is 13.5. The number of allylic oxidation sites excluding steroid dienone is 7. The van der Waals surface area contributed by atoms with Crippen LogP contribution in [0.2, 0.25) is 0 Å². The van der Waals surface area contributed by atoms with Crippen molar-refractivity contribution in [1.82, 2.24) is 0 Å². The van der Waals surface area contributed by atoms with Gasteiger partial charge in [-0.1, -0.05) is 84.9 Å². The second kappa shape index (κ2) is 11.1. The normalized spacial score (nSPS) is 21.3. The molecule has 0 amide bonds. The van der Waals surface area contributed by atoms with Crippen molar-refractivity contribution in [3.63, 3.8) is 0 Å². The average Bonchev–Trinajstić information content (AvgIpc) is 2.55. The first-order chi connectivity index (χ1) is 8.61. The third-order valence-corrected chi connectivity index (χ3v) is 2.82. The smallest absolute Gasteiger partial charge is 0.00391 e. The van der Waals surface area contributed by atoms with Crippen molar-refractivity contribution in [2.75, 3.05) is 0 Å². The molecule has 1 atom stereocenters. The van der Waals surface area contributed by atoms with Crippen LogP contribution >= 0.6 is 0 Å². The lowest BCUT2D eigenvalue weighted by Crippen LogP contribution is -2.07. The van der Waals surface area contributed by atoms with Crippen molar-refractivity contribution >= 4 is 0 Å². The van der Waals surface area contributed by atoms with Gasteiger partial charge >= 0.3 is 0 Å². The zero-order chi connectivity index (χ0) is 14.6. The Kier molecular flexibility index (Phi) is 11.9. The van der Waals surface area contributed by atoms with Crippen LogP contribution in [-0.4, -0.2) is 0 Å². The number of hydrogen-bond donors (Lipinski definition) is 0. The van der Waals surface area contributed by atoms with Crippen LogP contribution in [0, 0.1) is 5.41 Å². The molecule has 0 saturated heterocycles. The maximum absolute atomic E-state index is 3.83. The Labute approximate surface area is 115 Å². The Morgan fingerprint density at radius 3 is 2.06 bits per heavy atom. The van der Waals surface area contributed by atoms with E-state index in [1.165, 1.54) is 24.0 Å². The minimum atomic E-state index is 0.223. The second-order valence-electron chi connectivity index (χ2n) is 4.26. The van der Waals surface area contributed by atoms with Crippen molar-refractivity contribution in [1.29, 1.82) is 0 Å². The van der Waals surface area contributed by atoms with Gasteiger partial charge in [-0.05, 0) is 24.5 Å².